The first-order chi connectivity index (χ1) is 6.70. The lowest BCUT2D eigenvalue weighted by Crippen LogP contribution is -2.58. The molecule has 1 heterocycles. The van der Waals surface area contributed by atoms with Crippen LogP contribution in [0.4, 0.5) is 0 Å². The minimum atomic E-state index is -0.555. The Morgan fingerprint density at radius 3 is 2.33 bits per heavy atom. The van der Waals surface area contributed by atoms with Crippen LogP contribution in [0.1, 0.15) is 41.0 Å². The molecule has 4 unspecified atom stereocenters. The molecule has 3 heteroatoms. The lowest BCUT2D eigenvalue weighted by atomic mass is 9.77. The number of aliphatic hydroxyl groups is 1. The van der Waals surface area contributed by atoms with Gasteiger partial charge in [0.15, 0.2) is 0 Å². The normalized spacial score (nSPS) is 43.0. The first-order valence-electron chi connectivity index (χ1n) is 5.59. The van der Waals surface area contributed by atoms with E-state index in [9.17, 15) is 5.11 Å². The minimum Gasteiger partial charge on any atom is -0.387 e. The van der Waals surface area contributed by atoms with E-state index >= 15 is 0 Å². The van der Waals surface area contributed by atoms with Gasteiger partial charge in [0.1, 0.15) is 6.10 Å². The molecule has 0 spiro atoms. The van der Waals surface area contributed by atoms with Crippen LogP contribution in [0.3, 0.4) is 0 Å². The van der Waals surface area contributed by atoms with Crippen molar-refractivity contribution in [3.63, 3.8) is 0 Å². The molecule has 0 saturated carbocycles. The lowest BCUT2D eigenvalue weighted by molar-refractivity contribution is -0.232. The number of ether oxygens (including phenoxy) is 2. The Hall–Kier alpha value is -0.120. The third kappa shape index (κ3) is 2.52. The average Bonchev–Trinajstić information content (AvgIpc) is 2.12. The molecule has 0 aromatic rings. The van der Waals surface area contributed by atoms with Crippen molar-refractivity contribution in [1.82, 2.24) is 0 Å². The van der Waals surface area contributed by atoms with E-state index < -0.39 is 11.7 Å². The second kappa shape index (κ2) is 4.04. The van der Waals surface area contributed by atoms with Crippen molar-refractivity contribution >= 4 is 0 Å². The summed E-state index contributed by atoms with van der Waals surface area (Å²) in [6.45, 7) is 10.3. The van der Waals surface area contributed by atoms with Gasteiger partial charge in [-0.05, 0) is 19.3 Å². The van der Waals surface area contributed by atoms with Gasteiger partial charge in [-0.3, -0.25) is 0 Å². The van der Waals surface area contributed by atoms with E-state index in [0.29, 0.717) is 0 Å². The van der Waals surface area contributed by atoms with Crippen molar-refractivity contribution in [3.05, 3.63) is 0 Å². The number of hydrogen-bond donors (Lipinski definition) is 1. The molecule has 0 aliphatic carbocycles. The topological polar surface area (TPSA) is 38.7 Å². The summed E-state index contributed by atoms with van der Waals surface area (Å²) in [7, 11) is 1.65. The molecule has 1 N–H and O–H groups in total. The Morgan fingerprint density at radius 1 is 1.40 bits per heavy atom. The quantitative estimate of drug-likeness (QED) is 0.728. The van der Waals surface area contributed by atoms with Crippen molar-refractivity contribution in [2.75, 3.05) is 7.11 Å². The molecule has 0 aromatic carbocycles. The SMILES string of the molecule is COC1(C)CC(C(C)(C)C)OC(C)C1O. The maximum absolute atomic E-state index is 10.0. The smallest absolute Gasteiger partial charge is 0.109 e. The van der Waals surface area contributed by atoms with Crippen molar-refractivity contribution in [2.45, 2.75) is 65.0 Å². The van der Waals surface area contributed by atoms with Gasteiger partial charge >= 0.3 is 0 Å². The second-order valence-electron chi connectivity index (χ2n) is 5.86. The van der Waals surface area contributed by atoms with Crippen LogP contribution in [-0.2, 0) is 9.47 Å². The fraction of sp³-hybridized carbons (Fsp3) is 1.00. The predicted molar refractivity (Wildman–Crippen MR) is 59.8 cm³/mol. The maximum atomic E-state index is 10.0. The van der Waals surface area contributed by atoms with Crippen LogP contribution >= 0.6 is 0 Å². The van der Waals surface area contributed by atoms with Crippen LogP contribution < -0.4 is 0 Å². The highest BCUT2D eigenvalue weighted by Gasteiger charge is 2.47. The van der Waals surface area contributed by atoms with Crippen molar-refractivity contribution < 1.29 is 14.6 Å². The third-order valence-electron chi connectivity index (χ3n) is 3.47. The van der Waals surface area contributed by atoms with Gasteiger partial charge in [-0.15, -0.1) is 0 Å². The van der Waals surface area contributed by atoms with Gasteiger partial charge in [0.25, 0.3) is 0 Å². The van der Waals surface area contributed by atoms with Crippen molar-refractivity contribution in [1.29, 1.82) is 0 Å². The molecule has 0 amide bonds. The summed E-state index contributed by atoms with van der Waals surface area (Å²) in [6.07, 6.45) is 0.133. The van der Waals surface area contributed by atoms with Gasteiger partial charge in [-0.1, -0.05) is 20.8 Å². The van der Waals surface area contributed by atoms with E-state index in [1.807, 2.05) is 13.8 Å². The largest absolute Gasteiger partial charge is 0.387 e. The van der Waals surface area contributed by atoms with Crippen LogP contribution in [0, 0.1) is 5.41 Å². The number of hydrogen-bond acceptors (Lipinski definition) is 3. The molecule has 0 bridgehead atoms. The lowest BCUT2D eigenvalue weighted by Gasteiger charge is -2.48. The van der Waals surface area contributed by atoms with Gasteiger partial charge in [0.2, 0.25) is 0 Å². The molecule has 1 aliphatic rings. The fourth-order valence-corrected chi connectivity index (χ4v) is 2.08. The van der Waals surface area contributed by atoms with E-state index in [1.165, 1.54) is 0 Å². The summed E-state index contributed by atoms with van der Waals surface area (Å²) < 4.78 is 11.3. The van der Waals surface area contributed by atoms with Gasteiger partial charge in [-0.2, -0.15) is 0 Å². The first-order valence-corrected chi connectivity index (χ1v) is 5.59. The number of aliphatic hydroxyl groups excluding tert-OH is 1. The summed E-state index contributed by atoms with van der Waals surface area (Å²) in [5, 5.41) is 10.0. The zero-order valence-electron chi connectivity index (χ0n) is 10.7. The molecule has 4 atom stereocenters. The summed E-state index contributed by atoms with van der Waals surface area (Å²) in [5.41, 5.74) is -0.413. The summed E-state index contributed by atoms with van der Waals surface area (Å²) in [5.74, 6) is 0. The Kier molecular flexibility index (Phi) is 3.49. The zero-order valence-corrected chi connectivity index (χ0v) is 10.7. The Labute approximate surface area is 92.8 Å². The average molecular weight is 216 g/mol. The highest BCUT2D eigenvalue weighted by atomic mass is 16.5. The minimum absolute atomic E-state index is 0.0776. The van der Waals surface area contributed by atoms with Gasteiger partial charge < -0.3 is 14.6 Å². The Balaban J connectivity index is 2.85. The number of rotatable bonds is 1. The maximum Gasteiger partial charge on any atom is 0.109 e. The highest BCUT2D eigenvalue weighted by Crippen LogP contribution is 2.38. The van der Waals surface area contributed by atoms with Gasteiger partial charge in [0, 0.05) is 13.5 Å². The third-order valence-corrected chi connectivity index (χ3v) is 3.47. The van der Waals surface area contributed by atoms with Crippen LogP contribution in [0.25, 0.3) is 0 Å². The second-order valence-corrected chi connectivity index (χ2v) is 5.86. The van der Waals surface area contributed by atoms with Crippen LogP contribution in [0.5, 0.6) is 0 Å². The first kappa shape index (κ1) is 12.9. The monoisotopic (exact) mass is 216 g/mol. The highest BCUT2D eigenvalue weighted by molar-refractivity contribution is 4.97. The van der Waals surface area contributed by atoms with E-state index in [2.05, 4.69) is 20.8 Å². The van der Waals surface area contributed by atoms with Gasteiger partial charge in [0.05, 0.1) is 17.8 Å². The van der Waals surface area contributed by atoms with Crippen molar-refractivity contribution in [3.8, 4) is 0 Å². The molecule has 1 fully saturated rings. The zero-order chi connectivity index (χ0) is 11.9. The molecule has 0 radical (unpaired) electrons. The standard InChI is InChI=1S/C12H24O3/c1-8-10(13)12(5,14-6)7-9(15-8)11(2,3)4/h8-10,13H,7H2,1-6H3. The summed E-state index contributed by atoms with van der Waals surface area (Å²) >= 11 is 0. The molecule has 3 nitrogen and oxygen atoms in total. The molecule has 1 rings (SSSR count). The Morgan fingerprint density at radius 2 is 1.93 bits per heavy atom. The molecular formula is C12H24O3. The molecule has 90 valence electrons. The van der Waals surface area contributed by atoms with Gasteiger partial charge in [-0.25, -0.2) is 0 Å². The molecular weight excluding hydrogens is 192 g/mol. The van der Waals surface area contributed by atoms with Crippen LogP contribution in [0.15, 0.2) is 0 Å². The van der Waals surface area contributed by atoms with Crippen LogP contribution in [0.2, 0.25) is 0 Å². The molecule has 0 aromatic heterocycles. The summed E-state index contributed by atoms with van der Waals surface area (Å²) in [6, 6.07) is 0. The predicted octanol–water partition coefficient (Wildman–Crippen LogP) is 1.98. The van der Waals surface area contributed by atoms with Crippen molar-refractivity contribution in [2.24, 2.45) is 5.41 Å². The molecule has 1 aliphatic heterocycles. The molecule has 1 saturated heterocycles. The Bertz CT molecular complexity index is 221. The van der Waals surface area contributed by atoms with E-state index in [0.717, 1.165) is 6.42 Å². The van der Waals surface area contributed by atoms with E-state index in [-0.39, 0.29) is 17.6 Å². The molecule has 15 heavy (non-hydrogen) atoms. The van der Waals surface area contributed by atoms with Crippen LogP contribution in [-0.4, -0.2) is 36.1 Å². The fourth-order valence-electron chi connectivity index (χ4n) is 2.08. The van der Waals surface area contributed by atoms with E-state index in [4.69, 9.17) is 9.47 Å². The summed E-state index contributed by atoms with van der Waals surface area (Å²) in [4.78, 5) is 0. The number of methoxy groups -OCH3 is 1. The van der Waals surface area contributed by atoms with E-state index in [1.54, 1.807) is 7.11 Å².